The highest BCUT2D eigenvalue weighted by Gasteiger charge is 2.41. The molecule has 0 saturated carbocycles. The van der Waals surface area contributed by atoms with Gasteiger partial charge < -0.3 is 4.57 Å². The smallest absolute Gasteiger partial charge is 0.282 e. The zero-order valence-electron chi connectivity index (χ0n) is 17.3. The van der Waals surface area contributed by atoms with Crippen molar-refractivity contribution in [1.82, 2.24) is 9.47 Å². The number of imide groups is 1. The van der Waals surface area contributed by atoms with E-state index in [9.17, 15) is 28.9 Å². The highest BCUT2D eigenvalue weighted by molar-refractivity contribution is 6.24. The number of aryl methyl sites for hydroxylation is 1. The summed E-state index contributed by atoms with van der Waals surface area (Å²) in [4.78, 5) is 49.7. The summed E-state index contributed by atoms with van der Waals surface area (Å²) >= 11 is 0. The van der Waals surface area contributed by atoms with Gasteiger partial charge >= 0.3 is 0 Å². The molecule has 2 amide bonds. The molecule has 3 aromatic rings. The van der Waals surface area contributed by atoms with Crippen molar-refractivity contribution in [2.75, 3.05) is 6.54 Å². The van der Waals surface area contributed by atoms with Gasteiger partial charge in [0.15, 0.2) is 5.78 Å². The number of aromatic nitrogens is 1. The molecule has 2 heterocycles. The number of ketones is 1. The molecule has 0 aliphatic carbocycles. The van der Waals surface area contributed by atoms with Crippen LogP contribution in [0, 0.1) is 29.8 Å². The fourth-order valence-corrected chi connectivity index (χ4v) is 3.94. The van der Waals surface area contributed by atoms with Gasteiger partial charge in [-0.2, -0.15) is 0 Å². The van der Waals surface area contributed by atoms with E-state index in [1.807, 2.05) is 11.5 Å². The molecule has 0 spiro atoms. The van der Waals surface area contributed by atoms with Crippen molar-refractivity contribution >= 4 is 23.3 Å². The number of carbonyl (C=O) groups is 3. The number of Topliss-reactive ketones (excluding diaryl/α,β-unsaturated/α-hetero) is 1. The zero-order chi connectivity index (χ0) is 23.2. The summed E-state index contributed by atoms with van der Waals surface area (Å²) in [5.41, 5.74) is 1.77. The molecule has 162 valence electrons. The van der Waals surface area contributed by atoms with Crippen LogP contribution < -0.4 is 0 Å². The normalized spacial score (nSPS) is 12.9. The number of rotatable bonds is 6. The first-order chi connectivity index (χ1) is 15.2. The number of nitrogens with zero attached hydrogens (tertiary/aromatic N) is 3. The summed E-state index contributed by atoms with van der Waals surface area (Å²) in [7, 11) is 0. The first kappa shape index (κ1) is 21.1. The lowest BCUT2D eigenvalue weighted by Gasteiger charge is -2.13. The Morgan fingerprint density at radius 1 is 1.06 bits per heavy atom. The van der Waals surface area contributed by atoms with Gasteiger partial charge in [0.05, 0.1) is 17.0 Å². The molecule has 8 nitrogen and oxygen atoms in total. The van der Waals surface area contributed by atoms with Crippen LogP contribution in [0.25, 0.3) is 0 Å². The maximum atomic E-state index is 13.2. The molecule has 0 unspecified atom stereocenters. The van der Waals surface area contributed by atoms with E-state index in [0.29, 0.717) is 17.8 Å². The molecule has 1 aromatic heterocycles. The lowest BCUT2D eigenvalue weighted by Crippen LogP contribution is -2.35. The number of hydrogen-bond donors (Lipinski definition) is 0. The van der Waals surface area contributed by atoms with Gasteiger partial charge in [0.25, 0.3) is 17.5 Å². The van der Waals surface area contributed by atoms with Gasteiger partial charge in [0.2, 0.25) is 0 Å². The second kappa shape index (κ2) is 7.84. The first-order valence-corrected chi connectivity index (χ1v) is 9.77. The molecule has 1 aliphatic rings. The van der Waals surface area contributed by atoms with Gasteiger partial charge in [-0.25, -0.2) is 4.39 Å². The largest absolute Gasteiger partial charge is 0.344 e. The molecule has 32 heavy (non-hydrogen) atoms. The molecule has 0 N–H and O–H groups in total. The zero-order valence-corrected chi connectivity index (χ0v) is 17.3. The van der Waals surface area contributed by atoms with Crippen LogP contribution in [0.4, 0.5) is 10.1 Å². The maximum absolute atomic E-state index is 13.2. The molecule has 4 rings (SSSR count). The third-order valence-electron chi connectivity index (χ3n) is 5.60. The molecule has 2 aromatic carbocycles. The van der Waals surface area contributed by atoms with Crippen LogP contribution in [-0.4, -0.2) is 38.5 Å². The van der Waals surface area contributed by atoms with Crippen LogP contribution in [0.1, 0.15) is 48.0 Å². The number of fused-ring (bicyclic) bond motifs is 1. The third-order valence-corrected chi connectivity index (χ3v) is 5.60. The van der Waals surface area contributed by atoms with E-state index >= 15 is 0 Å². The van der Waals surface area contributed by atoms with Crippen molar-refractivity contribution in [3.05, 3.63) is 98.1 Å². The summed E-state index contributed by atoms with van der Waals surface area (Å²) in [6, 6.07) is 11.5. The Hall–Kier alpha value is -4.14. The Morgan fingerprint density at radius 3 is 2.41 bits per heavy atom. The number of carbonyl (C=O) groups excluding carboxylic acids is 3. The highest BCUT2D eigenvalue weighted by atomic mass is 19.1. The number of nitro benzene ring substituents is 1. The quantitative estimate of drug-likeness (QED) is 0.254. The standard InChI is InChI=1S/C23H18FN3O5/c1-13-10-18(14(2)25(13)11-15-6-8-16(24)9-7-15)20(28)12-26-22(29)17-4-3-5-19(27(31)32)21(17)23(26)30/h3-10H,11-12H2,1-2H3. The van der Waals surface area contributed by atoms with Crippen LogP contribution in [-0.2, 0) is 6.54 Å². The average molecular weight is 435 g/mol. The summed E-state index contributed by atoms with van der Waals surface area (Å²) < 4.78 is 15.1. The molecular formula is C23H18FN3O5. The molecule has 1 aliphatic heterocycles. The molecule has 0 bridgehead atoms. The van der Waals surface area contributed by atoms with Crippen LogP contribution >= 0.6 is 0 Å². The number of hydrogen-bond acceptors (Lipinski definition) is 5. The van der Waals surface area contributed by atoms with Gasteiger partial charge in [-0.3, -0.25) is 29.4 Å². The van der Waals surface area contributed by atoms with E-state index in [4.69, 9.17) is 0 Å². The summed E-state index contributed by atoms with van der Waals surface area (Å²) in [5.74, 6) is -2.39. The Labute approximate surface area is 182 Å². The van der Waals surface area contributed by atoms with E-state index in [1.165, 1.54) is 24.3 Å². The van der Waals surface area contributed by atoms with Crippen molar-refractivity contribution in [2.45, 2.75) is 20.4 Å². The number of amides is 2. The van der Waals surface area contributed by atoms with Crippen molar-refractivity contribution < 1.29 is 23.7 Å². The van der Waals surface area contributed by atoms with Gasteiger partial charge in [-0.1, -0.05) is 18.2 Å². The minimum Gasteiger partial charge on any atom is -0.344 e. The number of benzene rings is 2. The fraction of sp³-hybridized carbons (Fsp3) is 0.174. The second-order valence-corrected chi connectivity index (χ2v) is 7.57. The van der Waals surface area contributed by atoms with E-state index in [2.05, 4.69) is 0 Å². The van der Waals surface area contributed by atoms with Crippen LogP contribution in [0.2, 0.25) is 0 Å². The first-order valence-electron chi connectivity index (χ1n) is 9.77. The minimum atomic E-state index is -0.856. The van der Waals surface area contributed by atoms with Crippen LogP contribution in [0.15, 0.2) is 48.5 Å². The maximum Gasteiger partial charge on any atom is 0.282 e. The average Bonchev–Trinajstić information content (AvgIpc) is 3.18. The highest BCUT2D eigenvalue weighted by Crippen LogP contribution is 2.31. The number of nitro groups is 1. The second-order valence-electron chi connectivity index (χ2n) is 7.57. The molecule has 0 radical (unpaired) electrons. The van der Waals surface area contributed by atoms with Gasteiger partial charge in [0, 0.05) is 29.6 Å². The summed E-state index contributed by atoms with van der Waals surface area (Å²) in [6.45, 7) is 3.46. The summed E-state index contributed by atoms with van der Waals surface area (Å²) in [6.07, 6.45) is 0. The molecule has 0 fully saturated rings. The topological polar surface area (TPSA) is 103 Å². The molecule has 0 saturated heterocycles. The van der Waals surface area contributed by atoms with E-state index in [0.717, 1.165) is 22.2 Å². The Bertz CT molecular complexity index is 1290. The van der Waals surface area contributed by atoms with E-state index < -0.39 is 34.8 Å². The predicted octanol–water partition coefficient (Wildman–Crippen LogP) is 3.68. The van der Waals surface area contributed by atoms with Gasteiger partial charge in [-0.15, -0.1) is 0 Å². The predicted molar refractivity (Wildman–Crippen MR) is 112 cm³/mol. The van der Waals surface area contributed by atoms with Crippen LogP contribution in [0.3, 0.4) is 0 Å². The van der Waals surface area contributed by atoms with Crippen molar-refractivity contribution in [2.24, 2.45) is 0 Å². The third kappa shape index (κ3) is 3.47. The Kier molecular flexibility index (Phi) is 5.17. The lowest BCUT2D eigenvalue weighted by atomic mass is 10.1. The fourth-order valence-electron chi connectivity index (χ4n) is 3.94. The van der Waals surface area contributed by atoms with E-state index in [1.54, 1.807) is 25.1 Å². The lowest BCUT2D eigenvalue weighted by molar-refractivity contribution is -0.385. The van der Waals surface area contributed by atoms with Crippen LogP contribution in [0.5, 0.6) is 0 Å². The molecular weight excluding hydrogens is 417 g/mol. The number of halogens is 1. The van der Waals surface area contributed by atoms with Gasteiger partial charge in [-0.05, 0) is 43.7 Å². The monoisotopic (exact) mass is 435 g/mol. The SMILES string of the molecule is Cc1cc(C(=O)CN2C(=O)c3cccc([N+](=O)[O-])c3C2=O)c(C)n1Cc1ccc(F)cc1. The minimum absolute atomic E-state index is 0.0845. The Balaban J connectivity index is 1.59. The van der Waals surface area contributed by atoms with E-state index in [-0.39, 0.29) is 16.9 Å². The van der Waals surface area contributed by atoms with Crippen molar-refractivity contribution in [3.63, 3.8) is 0 Å². The van der Waals surface area contributed by atoms with Gasteiger partial charge in [0.1, 0.15) is 11.4 Å². The Morgan fingerprint density at radius 2 is 1.75 bits per heavy atom. The molecule has 9 heteroatoms. The van der Waals surface area contributed by atoms with Crippen molar-refractivity contribution in [3.8, 4) is 0 Å². The van der Waals surface area contributed by atoms with Crippen molar-refractivity contribution in [1.29, 1.82) is 0 Å². The molecule has 0 atom stereocenters. The summed E-state index contributed by atoms with van der Waals surface area (Å²) in [5, 5.41) is 11.2.